The summed E-state index contributed by atoms with van der Waals surface area (Å²) in [6.07, 6.45) is 0. The molecule has 1 amide bonds. The van der Waals surface area contributed by atoms with Crippen molar-refractivity contribution in [3.63, 3.8) is 0 Å². The standard InChI is InChI=1S/C16H15NO5S/c1-2-23(19,20)13-6-4-12(5-7-13)17-16(18)11-3-8-14-15(9-11)22-10-21-14/h3-9H,2,10H2,1H3,(H,17,18). The number of nitrogens with one attached hydrogen (secondary N) is 1. The molecule has 0 aromatic heterocycles. The van der Waals surface area contributed by atoms with Gasteiger partial charge in [0.2, 0.25) is 6.79 Å². The van der Waals surface area contributed by atoms with E-state index in [1.54, 1.807) is 37.3 Å². The summed E-state index contributed by atoms with van der Waals surface area (Å²) in [5, 5.41) is 2.72. The van der Waals surface area contributed by atoms with E-state index < -0.39 is 9.84 Å². The molecule has 0 spiro atoms. The molecule has 0 fully saturated rings. The average Bonchev–Trinajstić information content (AvgIpc) is 3.03. The molecule has 2 aromatic rings. The van der Waals surface area contributed by atoms with E-state index in [2.05, 4.69) is 5.32 Å². The van der Waals surface area contributed by atoms with Crippen molar-refractivity contribution in [3.05, 3.63) is 48.0 Å². The quantitative estimate of drug-likeness (QED) is 0.929. The third-order valence-electron chi connectivity index (χ3n) is 3.49. The number of sulfone groups is 1. The van der Waals surface area contributed by atoms with E-state index in [0.717, 1.165) is 0 Å². The number of benzene rings is 2. The van der Waals surface area contributed by atoms with Gasteiger partial charge in [0.15, 0.2) is 21.3 Å². The van der Waals surface area contributed by atoms with E-state index in [4.69, 9.17) is 9.47 Å². The number of hydrogen-bond donors (Lipinski definition) is 1. The van der Waals surface area contributed by atoms with Gasteiger partial charge in [0.1, 0.15) is 0 Å². The van der Waals surface area contributed by atoms with Crippen LogP contribution in [0.1, 0.15) is 17.3 Å². The summed E-state index contributed by atoms with van der Waals surface area (Å²) in [4.78, 5) is 12.5. The van der Waals surface area contributed by atoms with Gasteiger partial charge < -0.3 is 14.8 Å². The van der Waals surface area contributed by atoms with Gasteiger partial charge in [-0.2, -0.15) is 0 Å². The lowest BCUT2D eigenvalue weighted by Crippen LogP contribution is -2.12. The molecule has 0 unspecified atom stereocenters. The third kappa shape index (κ3) is 3.14. The van der Waals surface area contributed by atoms with E-state index in [1.807, 2.05) is 0 Å². The molecule has 0 bridgehead atoms. The van der Waals surface area contributed by atoms with E-state index in [9.17, 15) is 13.2 Å². The van der Waals surface area contributed by atoms with Crippen LogP contribution in [0.5, 0.6) is 11.5 Å². The van der Waals surface area contributed by atoms with Crippen LogP contribution in [-0.4, -0.2) is 26.9 Å². The molecule has 7 heteroatoms. The fraction of sp³-hybridized carbons (Fsp3) is 0.188. The van der Waals surface area contributed by atoms with Crippen LogP contribution in [0.25, 0.3) is 0 Å². The Kier molecular flexibility index (Phi) is 3.96. The van der Waals surface area contributed by atoms with Gasteiger partial charge in [-0.25, -0.2) is 8.42 Å². The van der Waals surface area contributed by atoms with Crippen LogP contribution in [0.2, 0.25) is 0 Å². The number of hydrogen-bond acceptors (Lipinski definition) is 5. The molecule has 23 heavy (non-hydrogen) atoms. The fourth-order valence-corrected chi connectivity index (χ4v) is 3.04. The summed E-state index contributed by atoms with van der Waals surface area (Å²) in [6, 6.07) is 11.0. The molecule has 0 atom stereocenters. The second-order valence-electron chi connectivity index (χ2n) is 4.95. The Balaban J connectivity index is 1.75. The Labute approximate surface area is 134 Å². The highest BCUT2D eigenvalue weighted by molar-refractivity contribution is 7.91. The molecule has 0 saturated heterocycles. The van der Waals surface area contributed by atoms with Gasteiger partial charge in [-0.05, 0) is 42.5 Å². The van der Waals surface area contributed by atoms with Gasteiger partial charge in [-0.1, -0.05) is 6.92 Å². The highest BCUT2D eigenvalue weighted by atomic mass is 32.2. The topological polar surface area (TPSA) is 81.7 Å². The number of amides is 1. The van der Waals surface area contributed by atoms with Crippen LogP contribution in [-0.2, 0) is 9.84 Å². The Morgan fingerprint density at radius 2 is 1.78 bits per heavy atom. The smallest absolute Gasteiger partial charge is 0.255 e. The number of carbonyl (C=O) groups excluding carboxylic acids is 1. The summed E-state index contributed by atoms with van der Waals surface area (Å²) < 4.78 is 33.9. The van der Waals surface area contributed by atoms with Crippen molar-refractivity contribution in [2.24, 2.45) is 0 Å². The number of anilines is 1. The van der Waals surface area contributed by atoms with Gasteiger partial charge in [0, 0.05) is 11.3 Å². The normalized spacial score (nSPS) is 12.9. The first-order chi connectivity index (χ1) is 11.0. The lowest BCUT2D eigenvalue weighted by atomic mass is 10.2. The summed E-state index contributed by atoms with van der Waals surface area (Å²) in [7, 11) is -3.25. The maximum absolute atomic E-state index is 12.2. The largest absolute Gasteiger partial charge is 0.454 e. The fourth-order valence-electron chi connectivity index (χ4n) is 2.15. The van der Waals surface area contributed by atoms with E-state index >= 15 is 0 Å². The zero-order chi connectivity index (χ0) is 16.4. The Morgan fingerprint density at radius 3 is 2.48 bits per heavy atom. The molecule has 0 saturated carbocycles. The van der Waals surface area contributed by atoms with Gasteiger partial charge in [-0.3, -0.25) is 4.79 Å². The van der Waals surface area contributed by atoms with Crippen molar-refractivity contribution >= 4 is 21.4 Å². The monoisotopic (exact) mass is 333 g/mol. The van der Waals surface area contributed by atoms with Crippen molar-refractivity contribution in [3.8, 4) is 11.5 Å². The van der Waals surface area contributed by atoms with Crippen LogP contribution in [0.15, 0.2) is 47.4 Å². The number of fused-ring (bicyclic) bond motifs is 1. The predicted molar refractivity (Wildman–Crippen MR) is 84.7 cm³/mol. The SMILES string of the molecule is CCS(=O)(=O)c1ccc(NC(=O)c2ccc3c(c2)OCO3)cc1. The molecule has 6 nitrogen and oxygen atoms in total. The first-order valence-electron chi connectivity index (χ1n) is 7.03. The van der Waals surface area contributed by atoms with Crippen molar-refractivity contribution in [2.45, 2.75) is 11.8 Å². The second-order valence-corrected chi connectivity index (χ2v) is 7.23. The van der Waals surface area contributed by atoms with Gasteiger partial charge >= 0.3 is 0 Å². The zero-order valence-electron chi connectivity index (χ0n) is 12.4. The molecule has 1 N–H and O–H groups in total. The molecule has 120 valence electrons. The van der Waals surface area contributed by atoms with Gasteiger partial charge in [0.25, 0.3) is 5.91 Å². The summed E-state index contributed by atoms with van der Waals surface area (Å²) in [6.45, 7) is 1.73. The molecule has 3 rings (SSSR count). The highest BCUT2D eigenvalue weighted by Crippen LogP contribution is 2.32. The summed E-state index contributed by atoms with van der Waals surface area (Å²) in [5.74, 6) is 0.864. The van der Waals surface area contributed by atoms with Crippen LogP contribution < -0.4 is 14.8 Å². The van der Waals surface area contributed by atoms with E-state index in [0.29, 0.717) is 22.7 Å². The zero-order valence-corrected chi connectivity index (χ0v) is 13.2. The second kappa shape index (κ2) is 5.92. The van der Waals surface area contributed by atoms with Crippen molar-refractivity contribution < 1.29 is 22.7 Å². The van der Waals surface area contributed by atoms with Crippen LogP contribution in [0.4, 0.5) is 5.69 Å². The lowest BCUT2D eigenvalue weighted by Gasteiger charge is -2.07. The number of ether oxygens (including phenoxy) is 2. The maximum atomic E-state index is 12.2. The predicted octanol–water partition coefficient (Wildman–Crippen LogP) is 2.46. The molecule has 1 heterocycles. The average molecular weight is 333 g/mol. The summed E-state index contributed by atoms with van der Waals surface area (Å²) >= 11 is 0. The summed E-state index contributed by atoms with van der Waals surface area (Å²) in [5.41, 5.74) is 0.947. The molecular weight excluding hydrogens is 318 g/mol. The Hall–Kier alpha value is -2.54. The number of carbonyl (C=O) groups is 1. The molecule has 0 aliphatic carbocycles. The molecule has 2 aromatic carbocycles. The number of rotatable bonds is 4. The Morgan fingerprint density at radius 1 is 1.09 bits per heavy atom. The maximum Gasteiger partial charge on any atom is 0.255 e. The molecule has 0 radical (unpaired) electrons. The molecular formula is C16H15NO5S. The highest BCUT2D eigenvalue weighted by Gasteiger charge is 2.16. The minimum atomic E-state index is -3.25. The van der Waals surface area contributed by atoms with Crippen LogP contribution >= 0.6 is 0 Å². The van der Waals surface area contributed by atoms with Crippen molar-refractivity contribution in [1.82, 2.24) is 0 Å². The Bertz CT molecular complexity index is 843. The van der Waals surface area contributed by atoms with E-state index in [1.165, 1.54) is 12.1 Å². The molecule has 1 aliphatic rings. The van der Waals surface area contributed by atoms with Crippen molar-refractivity contribution in [2.75, 3.05) is 17.9 Å². The third-order valence-corrected chi connectivity index (χ3v) is 5.24. The van der Waals surface area contributed by atoms with Crippen LogP contribution in [0.3, 0.4) is 0 Å². The van der Waals surface area contributed by atoms with E-state index in [-0.39, 0.29) is 23.3 Å². The first kappa shape index (κ1) is 15.4. The minimum Gasteiger partial charge on any atom is -0.454 e. The lowest BCUT2D eigenvalue weighted by molar-refractivity contribution is 0.102. The van der Waals surface area contributed by atoms with Crippen LogP contribution in [0, 0.1) is 0 Å². The molecule has 1 aliphatic heterocycles. The minimum absolute atomic E-state index is 0.0376. The van der Waals surface area contributed by atoms with Gasteiger partial charge in [0.05, 0.1) is 10.6 Å². The first-order valence-corrected chi connectivity index (χ1v) is 8.68. The van der Waals surface area contributed by atoms with Gasteiger partial charge in [-0.15, -0.1) is 0 Å². The van der Waals surface area contributed by atoms with Crippen molar-refractivity contribution in [1.29, 1.82) is 0 Å².